The van der Waals surface area contributed by atoms with Crippen molar-refractivity contribution in [2.45, 2.75) is 33.2 Å². The van der Waals surface area contributed by atoms with Crippen LogP contribution in [0.2, 0.25) is 0 Å². The molecule has 0 bridgehead atoms. The van der Waals surface area contributed by atoms with E-state index in [9.17, 15) is 9.59 Å². The number of rotatable bonds is 7. The topological polar surface area (TPSA) is 61.4 Å². The fourth-order valence-corrected chi connectivity index (χ4v) is 3.03. The van der Waals surface area contributed by atoms with Crippen molar-refractivity contribution in [3.63, 3.8) is 0 Å². The molecule has 0 saturated carbocycles. The highest BCUT2D eigenvalue weighted by Gasteiger charge is 2.18. The van der Waals surface area contributed by atoms with Gasteiger partial charge < -0.3 is 15.5 Å². The number of hydrogen-bond acceptors (Lipinski definition) is 3. The Bertz CT molecular complexity index is 815. The van der Waals surface area contributed by atoms with Gasteiger partial charge in [-0.2, -0.15) is 0 Å². The van der Waals surface area contributed by atoms with Gasteiger partial charge in [-0.1, -0.05) is 36.4 Å². The van der Waals surface area contributed by atoms with Gasteiger partial charge in [0, 0.05) is 12.2 Å². The normalized spacial score (nSPS) is 11.9. The SMILES string of the molecule is Cc1ccccc1C(CNC(=O)CC(=O)Nc1cccc(C)c1C)N(C)C. The van der Waals surface area contributed by atoms with Gasteiger partial charge >= 0.3 is 0 Å². The molecule has 27 heavy (non-hydrogen) atoms. The van der Waals surface area contributed by atoms with E-state index in [2.05, 4.69) is 34.6 Å². The summed E-state index contributed by atoms with van der Waals surface area (Å²) < 4.78 is 0. The summed E-state index contributed by atoms with van der Waals surface area (Å²) in [4.78, 5) is 26.5. The van der Waals surface area contributed by atoms with Crippen molar-refractivity contribution in [2.75, 3.05) is 26.0 Å². The number of amides is 2. The smallest absolute Gasteiger partial charge is 0.233 e. The minimum atomic E-state index is -0.307. The van der Waals surface area contributed by atoms with Gasteiger partial charge in [-0.3, -0.25) is 9.59 Å². The lowest BCUT2D eigenvalue weighted by Crippen LogP contribution is -2.36. The maximum Gasteiger partial charge on any atom is 0.233 e. The predicted molar refractivity (Wildman–Crippen MR) is 110 cm³/mol. The van der Waals surface area contributed by atoms with Crippen LogP contribution in [-0.4, -0.2) is 37.4 Å². The molecule has 0 aliphatic rings. The van der Waals surface area contributed by atoms with E-state index in [0.29, 0.717) is 6.54 Å². The summed E-state index contributed by atoms with van der Waals surface area (Å²) in [6.45, 7) is 6.46. The Balaban J connectivity index is 1.93. The number of hydrogen-bond donors (Lipinski definition) is 2. The monoisotopic (exact) mass is 367 g/mol. The fraction of sp³-hybridized carbons (Fsp3) is 0.364. The van der Waals surface area contributed by atoms with Crippen LogP contribution in [0.1, 0.15) is 34.7 Å². The average Bonchev–Trinajstić information content (AvgIpc) is 2.60. The molecule has 1 unspecified atom stereocenters. The lowest BCUT2D eigenvalue weighted by Gasteiger charge is -2.26. The van der Waals surface area contributed by atoms with E-state index >= 15 is 0 Å². The first-order valence-corrected chi connectivity index (χ1v) is 9.14. The third kappa shape index (κ3) is 5.66. The minimum absolute atomic E-state index is 0.0530. The number of nitrogens with one attached hydrogen (secondary N) is 2. The summed E-state index contributed by atoms with van der Waals surface area (Å²) in [6, 6.07) is 13.9. The summed E-state index contributed by atoms with van der Waals surface area (Å²) in [5.74, 6) is -0.586. The summed E-state index contributed by atoms with van der Waals surface area (Å²) >= 11 is 0. The number of carbonyl (C=O) groups is 2. The maximum atomic E-state index is 12.2. The van der Waals surface area contributed by atoms with Crippen molar-refractivity contribution in [1.29, 1.82) is 0 Å². The molecule has 0 spiro atoms. The number of carbonyl (C=O) groups excluding carboxylic acids is 2. The minimum Gasteiger partial charge on any atom is -0.354 e. The van der Waals surface area contributed by atoms with Crippen LogP contribution in [-0.2, 0) is 9.59 Å². The Morgan fingerprint density at radius 2 is 1.59 bits per heavy atom. The zero-order chi connectivity index (χ0) is 20.0. The first-order chi connectivity index (χ1) is 12.8. The van der Waals surface area contributed by atoms with E-state index in [-0.39, 0.29) is 24.3 Å². The van der Waals surface area contributed by atoms with E-state index in [4.69, 9.17) is 0 Å². The second-order valence-corrected chi connectivity index (χ2v) is 7.11. The first kappa shape index (κ1) is 20.6. The quantitative estimate of drug-likeness (QED) is 0.738. The van der Waals surface area contributed by atoms with Gasteiger partial charge in [-0.05, 0) is 63.2 Å². The molecule has 0 radical (unpaired) electrons. The van der Waals surface area contributed by atoms with Gasteiger partial charge in [0.1, 0.15) is 6.42 Å². The average molecular weight is 367 g/mol. The third-order valence-electron chi connectivity index (χ3n) is 4.86. The maximum absolute atomic E-state index is 12.2. The zero-order valence-electron chi connectivity index (χ0n) is 16.8. The van der Waals surface area contributed by atoms with Crippen LogP contribution < -0.4 is 10.6 Å². The summed E-state index contributed by atoms with van der Waals surface area (Å²) in [5, 5.41) is 5.71. The highest BCUT2D eigenvalue weighted by molar-refractivity contribution is 6.03. The number of nitrogens with zero attached hydrogens (tertiary/aromatic N) is 1. The fourth-order valence-electron chi connectivity index (χ4n) is 3.03. The van der Waals surface area contributed by atoms with Crippen molar-refractivity contribution < 1.29 is 9.59 Å². The van der Waals surface area contributed by atoms with Crippen LogP contribution in [0.4, 0.5) is 5.69 Å². The van der Waals surface area contributed by atoms with Gasteiger partial charge in [-0.15, -0.1) is 0 Å². The van der Waals surface area contributed by atoms with Crippen molar-refractivity contribution >= 4 is 17.5 Å². The molecular formula is C22H29N3O2. The number of likely N-dealkylation sites (N-methyl/N-ethyl adjacent to an activating group) is 1. The van der Waals surface area contributed by atoms with Crippen molar-refractivity contribution in [1.82, 2.24) is 10.2 Å². The van der Waals surface area contributed by atoms with E-state index < -0.39 is 0 Å². The van der Waals surface area contributed by atoms with Crippen molar-refractivity contribution in [2.24, 2.45) is 0 Å². The molecule has 2 rings (SSSR count). The van der Waals surface area contributed by atoms with Crippen LogP contribution in [0.15, 0.2) is 42.5 Å². The highest BCUT2D eigenvalue weighted by atomic mass is 16.2. The lowest BCUT2D eigenvalue weighted by atomic mass is 10.0. The third-order valence-corrected chi connectivity index (χ3v) is 4.86. The molecule has 2 N–H and O–H groups in total. The number of aryl methyl sites for hydroxylation is 2. The first-order valence-electron chi connectivity index (χ1n) is 9.14. The van der Waals surface area contributed by atoms with Crippen molar-refractivity contribution in [3.8, 4) is 0 Å². The molecule has 2 aromatic carbocycles. The Labute approximate surface area is 161 Å². The standard InChI is InChI=1S/C22H29N3O2/c1-15-10-8-12-19(17(15)3)24-22(27)13-21(26)23-14-20(25(4)5)18-11-7-6-9-16(18)2/h6-12,20H,13-14H2,1-5H3,(H,23,26)(H,24,27). The Hall–Kier alpha value is -2.66. The van der Waals surface area contributed by atoms with Gasteiger partial charge in [0.25, 0.3) is 0 Å². The van der Waals surface area contributed by atoms with Crippen molar-refractivity contribution in [3.05, 3.63) is 64.7 Å². The highest BCUT2D eigenvalue weighted by Crippen LogP contribution is 2.21. The molecule has 5 heteroatoms. The van der Waals surface area contributed by atoms with Gasteiger partial charge in [0.2, 0.25) is 11.8 Å². The Kier molecular flexibility index (Phi) is 7.13. The number of benzene rings is 2. The molecule has 144 valence electrons. The van der Waals surface area contributed by atoms with Gasteiger partial charge in [0.05, 0.1) is 6.04 Å². The van der Waals surface area contributed by atoms with Crippen LogP contribution >= 0.6 is 0 Å². The second-order valence-electron chi connectivity index (χ2n) is 7.11. The summed E-state index contributed by atoms with van der Waals surface area (Å²) in [7, 11) is 3.97. The molecule has 5 nitrogen and oxygen atoms in total. The van der Waals surface area contributed by atoms with E-state index in [1.807, 2.05) is 58.3 Å². The second kappa shape index (κ2) is 9.33. The molecule has 2 aromatic rings. The molecule has 0 saturated heterocycles. The van der Waals surface area contributed by atoms with Crippen LogP contribution in [0.5, 0.6) is 0 Å². The van der Waals surface area contributed by atoms with Crippen LogP contribution in [0.25, 0.3) is 0 Å². The van der Waals surface area contributed by atoms with E-state index in [0.717, 1.165) is 16.8 Å². The molecule has 1 atom stereocenters. The molecule has 0 heterocycles. The molecule has 0 aromatic heterocycles. The largest absolute Gasteiger partial charge is 0.354 e. The molecular weight excluding hydrogens is 338 g/mol. The molecule has 0 fully saturated rings. The summed E-state index contributed by atoms with van der Waals surface area (Å²) in [5.41, 5.74) is 5.21. The van der Waals surface area contributed by atoms with Crippen LogP contribution in [0.3, 0.4) is 0 Å². The predicted octanol–water partition coefficient (Wildman–Crippen LogP) is 3.36. The lowest BCUT2D eigenvalue weighted by molar-refractivity contribution is -0.126. The van der Waals surface area contributed by atoms with E-state index in [1.165, 1.54) is 11.1 Å². The zero-order valence-corrected chi connectivity index (χ0v) is 16.8. The van der Waals surface area contributed by atoms with Gasteiger partial charge in [0.15, 0.2) is 0 Å². The summed E-state index contributed by atoms with van der Waals surface area (Å²) in [6.07, 6.45) is -0.193. The molecule has 0 aliphatic carbocycles. The van der Waals surface area contributed by atoms with E-state index in [1.54, 1.807) is 0 Å². The Morgan fingerprint density at radius 1 is 0.926 bits per heavy atom. The number of anilines is 1. The van der Waals surface area contributed by atoms with Gasteiger partial charge in [-0.25, -0.2) is 0 Å². The van der Waals surface area contributed by atoms with Crippen LogP contribution in [0, 0.1) is 20.8 Å². The molecule has 0 aliphatic heterocycles. The molecule has 2 amide bonds. The Morgan fingerprint density at radius 3 is 2.26 bits per heavy atom.